The smallest absolute Gasteiger partial charge is 0.123 e. The highest BCUT2D eigenvalue weighted by molar-refractivity contribution is 5.83. The second-order valence-corrected chi connectivity index (χ2v) is 5.21. The first kappa shape index (κ1) is 14.2. The second-order valence-electron chi connectivity index (χ2n) is 5.21. The van der Waals surface area contributed by atoms with Crippen LogP contribution < -0.4 is 0 Å². The molecule has 0 aliphatic rings. The van der Waals surface area contributed by atoms with E-state index in [9.17, 15) is 14.8 Å². The molecule has 3 heteroatoms. The Kier molecular flexibility index (Phi) is 3.86. The molecule has 0 aromatic heterocycles. The highest BCUT2D eigenvalue weighted by atomic mass is 19.1. The monoisotopic (exact) mass is 291 g/mol. The Morgan fingerprint density at radius 3 is 2.18 bits per heavy atom. The summed E-state index contributed by atoms with van der Waals surface area (Å²) in [4.78, 5) is 0. The van der Waals surface area contributed by atoms with Crippen molar-refractivity contribution in [2.45, 2.75) is 12.0 Å². The molecule has 0 bridgehead atoms. The largest absolute Gasteiger partial charge is 0.387 e. The molecule has 1 N–H and O–H groups in total. The van der Waals surface area contributed by atoms with E-state index >= 15 is 0 Å². The predicted octanol–water partition coefficient (Wildman–Crippen LogP) is 4.32. The Bertz CT molecular complexity index is 836. The zero-order valence-corrected chi connectivity index (χ0v) is 11.8. The van der Waals surface area contributed by atoms with Crippen LogP contribution in [-0.4, -0.2) is 5.11 Å². The van der Waals surface area contributed by atoms with Crippen LogP contribution in [0.4, 0.5) is 4.39 Å². The molecule has 3 aromatic carbocycles. The number of rotatable bonds is 3. The molecule has 0 radical (unpaired) electrons. The summed E-state index contributed by atoms with van der Waals surface area (Å²) in [7, 11) is 0. The third-order valence-electron chi connectivity index (χ3n) is 3.80. The normalized spacial score (nSPS) is 13.5. The van der Waals surface area contributed by atoms with Gasteiger partial charge in [-0.15, -0.1) is 0 Å². The van der Waals surface area contributed by atoms with Crippen LogP contribution in [0, 0.1) is 17.1 Å². The third-order valence-corrected chi connectivity index (χ3v) is 3.80. The van der Waals surface area contributed by atoms with Crippen molar-refractivity contribution in [2.24, 2.45) is 0 Å². The van der Waals surface area contributed by atoms with E-state index < -0.39 is 12.0 Å². The summed E-state index contributed by atoms with van der Waals surface area (Å²) in [5, 5.41) is 22.0. The van der Waals surface area contributed by atoms with Gasteiger partial charge in [-0.1, -0.05) is 48.5 Å². The van der Waals surface area contributed by atoms with Crippen molar-refractivity contribution in [2.75, 3.05) is 0 Å². The molecule has 0 amide bonds. The van der Waals surface area contributed by atoms with Gasteiger partial charge in [0.1, 0.15) is 11.7 Å². The summed E-state index contributed by atoms with van der Waals surface area (Å²) < 4.78 is 13.0. The van der Waals surface area contributed by atoms with Gasteiger partial charge >= 0.3 is 0 Å². The fraction of sp³-hybridized carbons (Fsp3) is 0.105. The van der Waals surface area contributed by atoms with Crippen molar-refractivity contribution in [3.8, 4) is 6.07 Å². The number of fused-ring (bicyclic) bond motifs is 1. The van der Waals surface area contributed by atoms with Gasteiger partial charge in [0.2, 0.25) is 0 Å². The standard InChI is InChI=1S/C19H14FNO/c20-17-9-7-14(8-10-17)19(22)18(12-21)16-6-5-13-3-1-2-4-15(13)11-16/h1-11,18-19,22H. The first-order valence-electron chi connectivity index (χ1n) is 7.01. The van der Waals surface area contributed by atoms with E-state index in [1.54, 1.807) is 0 Å². The summed E-state index contributed by atoms with van der Waals surface area (Å²) in [5.74, 6) is -1.06. The number of nitrogens with zero attached hydrogens (tertiary/aromatic N) is 1. The van der Waals surface area contributed by atoms with E-state index in [-0.39, 0.29) is 5.82 Å². The molecule has 0 aliphatic carbocycles. The van der Waals surface area contributed by atoms with E-state index in [1.165, 1.54) is 24.3 Å². The zero-order chi connectivity index (χ0) is 15.5. The number of halogens is 1. The number of benzene rings is 3. The quantitative estimate of drug-likeness (QED) is 0.781. The fourth-order valence-electron chi connectivity index (χ4n) is 2.58. The van der Waals surface area contributed by atoms with Crippen LogP contribution in [0.15, 0.2) is 66.7 Å². The Morgan fingerprint density at radius 1 is 0.864 bits per heavy atom. The lowest BCUT2D eigenvalue weighted by Crippen LogP contribution is -2.09. The van der Waals surface area contributed by atoms with Gasteiger partial charge in [-0.05, 0) is 40.1 Å². The van der Waals surface area contributed by atoms with Gasteiger partial charge in [0, 0.05) is 0 Å². The zero-order valence-electron chi connectivity index (χ0n) is 11.8. The maximum atomic E-state index is 13.0. The van der Waals surface area contributed by atoms with Gasteiger partial charge in [0.05, 0.1) is 12.2 Å². The van der Waals surface area contributed by atoms with Crippen LogP contribution in [0.25, 0.3) is 10.8 Å². The van der Waals surface area contributed by atoms with Crippen molar-refractivity contribution >= 4 is 10.8 Å². The molecule has 0 saturated carbocycles. The molecule has 2 nitrogen and oxygen atoms in total. The Morgan fingerprint density at radius 2 is 1.50 bits per heavy atom. The molecule has 108 valence electrons. The van der Waals surface area contributed by atoms with E-state index in [1.807, 2.05) is 42.5 Å². The molecule has 0 spiro atoms. The maximum Gasteiger partial charge on any atom is 0.123 e. The van der Waals surface area contributed by atoms with Gasteiger partial charge in [-0.2, -0.15) is 5.26 Å². The Labute approximate surface area is 128 Å². The van der Waals surface area contributed by atoms with Gasteiger partial charge in [0.15, 0.2) is 0 Å². The fourth-order valence-corrected chi connectivity index (χ4v) is 2.58. The highest BCUT2D eigenvalue weighted by Crippen LogP contribution is 2.32. The number of hydrogen-bond donors (Lipinski definition) is 1. The number of nitriles is 1. The molecular formula is C19H14FNO. The van der Waals surface area contributed by atoms with Crippen molar-refractivity contribution in [1.82, 2.24) is 0 Å². The van der Waals surface area contributed by atoms with Gasteiger partial charge in [0.25, 0.3) is 0 Å². The molecule has 0 aliphatic heterocycles. The Balaban J connectivity index is 1.98. The number of hydrogen-bond acceptors (Lipinski definition) is 2. The maximum absolute atomic E-state index is 13.0. The lowest BCUT2D eigenvalue weighted by molar-refractivity contribution is 0.164. The van der Waals surface area contributed by atoms with Gasteiger partial charge in [-0.25, -0.2) is 4.39 Å². The summed E-state index contributed by atoms with van der Waals surface area (Å²) in [6.45, 7) is 0. The van der Waals surface area contributed by atoms with Crippen LogP contribution in [-0.2, 0) is 0 Å². The molecule has 0 saturated heterocycles. The minimum absolute atomic E-state index is 0.366. The van der Waals surface area contributed by atoms with Crippen LogP contribution in [0.3, 0.4) is 0 Å². The summed E-state index contributed by atoms with van der Waals surface area (Å²) >= 11 is 0. The number of aliphatic hydroxyl groups excluding tert-OH is 1. The SMILES string of the molecule is N#CC(c1ccc2ccccc2c1)C(O)c1ccc(F)cc1. The minimum atomic E-state index is -0.994. The van der Waals surface area contributed by atoms with Crippen LogP contribution >= 0.6 is 0 Å². The minimum Gasteiger partial charge on any atom is -0.387 e. The second kappa shape index (κ2) is 5.97. The van der Waals surface area contributed by atoms with Crippen LogP contribution in [0.5, 0.6) is 0 Å². The van der Waals surface area contributed by atoms with E-state index in [0.717, 1.165) is 16.3 Å². The lowest BCUT2D eigenvalue weighted by atomic mass is 9.89. The third kappa shape index (κ3) is 2.69. The average molecular weight is 291 g/mol. The first-order chi connectivity index (χ1) is 10.7. The van der Waals surface area contributed by atoms with Crippen molar-refractivity contribution in [1.29, 1.82) is 5.26 Å². The molecule has 0 fully saturated rings. The van der Waals surface area contributed by atoms with E-state index in [2.05, 4.69) is 6.07 Å². The van der Waals surface area contributed by atoms with E-state index in [0.29, 0.717) is 5.56 Å². The molecule has 3 rings (SSSR count). The number of aliphatic hydroxyl groups is 1. The predicted molar refractivity (Wildman–Crippen MR) is 83.7 cm³/mol. The van der Waals surface area contributed by atoms with Gasteiger partial charge in [-0.3, -0.25) is 0 Å². The summed E-state index contributed by atoms with van der Waals surface area (Å²) in [6.07, 6.45) is -0.994. The van der Waals surface area contributed by atoms with Crippen molar-refractivity contribution in [3.05, 3.63) is 83.7 Å². The highest BCUT2D eigenvalue weighted by Gasteiger charge is 2.22. The van der Waals surface area contributed by atoms with Crippen LogP contribution in [0.2, 0.25) is 0 Å². The molecule has 2 atom stereocenters. The first-order valence-corrected chi connectivity index (χ1v) is 7.01. The van der Waals surface area contributed by atoms with E-state index in [4.69, 9.17) is 0 Å². The molecule has 22 heavy (non-hydrogen) atoms. The molecular weight excluding hydrogens is 277 g/mol. The molecule has 3 aromatic rings. The van der Waals surface area contributed by atoms with Crippen molar-refractivity contribution < 1.29 is 9.50 Å². The lowest BCUT2D eigenvalue weighted by Gasteiger charge is -2.18. The molecule has 0 heterocycles. The average Bonchev–Trinajstić information content (AvgIpc) is 2.56. The van der Waals surface area contributed by atoms with Gasteiger partial charge < -0.3 is 5.11 Å². The summed E-state index contributed by atoms with van der Waals surface area (Å²) in [6, 6.07) is 21.3. The summed E-state index contributed by atoms with van der Waals surface area (Å²) in [5.41, 5.74) is 1.28. The topological polar surface area (TPSA) is 44.0 Å². The molecule has 2 unspecified atom stereocenters. The Hall–Kier alpha value is -2.70. The van der Waals surface area contributed by atoms with Crippen molar-refractivity contribution in [3.63, 3.8) is 0 Å². The van der Waals surface area contributed by atoms with Crippen LogP contribution in [0.1, 0.15) is 23.1 Å².